The van der Waals surface area contributed by atoms with Crippen molar-refractivity contribution in [3.63, 3.8) is 0 Å². The molecule has 156 valence electrons. The summed E-state index contributed by atoms with van der Waals surface area (Å²) in [6, 6.07) is 8.14. The second-order valence-electron chi connectivity index (χ2n) is 8.04. The second-order valence-corrected chi connectivity index (χ2v) is 8.04. The Morgan fingerprint density at radius 1 is 1.17 bits per heavy atom. The van der Waals surface area contributed by atoms with Crippen LogP contribution in [0.4, 0.5) is 0 Å². The number of hydrogen-bond acceptors (Lipinski definition) is 4. The van der Waals surface area contributed by atoms with Crippen molar-refractivity contribution in [2.45, 2.75) is 46.0 Å². The van der Waals surface area contributed by atoms with E-state index in [1.165, 1.54) is 18.2 Å². The Kier molecular flexibility index (Phi) is 6.72. The summed E-state index contributed by atoms with van der Waals surface area (Å²) in [5.41, 5.74) is 5.57. The van der Waals surface area contributed by atoms with Crippen molar-refractivity contribution in [3.8, 4) is 0 Å². The van der Waals surface area contributed by atoms with Crippen LogP contribution >= 0.6 is 0 Å². The molecule has 1 amide bonds. The largest absolute Gasteiger partial charge is 0.469 e. The molecule has 2 aromatic rings. The van der Waals surface area contributed by atoms with Crippen molar-refractivity contribution in [3.05, 3.63) is 52.3 Å². The normalized spacial score (nSPS) is 16.3. The smallest absolute Gasteiger partial charge is 0.309 e. The van der Waals surface area contributed by atoms with Gasteiger partial charge in [0.1, 0.15) is 0 Å². The topological polar surface area (TPSA) is 64.4 Å². The number of carbonyl (C=O) groups excluding carboxylic acids is 2. The number of ether oxygens (including phenoxy) is 1. The Bertz CT molecular complexity index is 870. The number of esters is 1. The minimum atomic E-state index is -0.223. The van der Waals surface area contributed by atoms with Gasteiger partial charge in [0.25, 0.3) is 0 Å². The van der Waals surface area contributed by atoms with E-state index >= 15 is 0 Å². The number of benzene rings is 1. The number of rotatable bonds is 7. The van der Waals surface area contributed by atoms with Crippen molar-refractivity contribution in [1.29, 1.82) is 0 Å². The zero-order chi connectivity index (χ0) is 21.0. The third-order valence-electron chi connectivity index (χ3n) is 6.01. The van der Waals surface area contributed by atoms with Crippen LogP contribution < -0.4 is 0 Å². The summed E-state index contributed by atoms with van der Waals surface area (Å²) in [7, 11) is 3.35. The molecule has 1 atom stereocenters. The van der Waals surface area contributed by atoms with Crippen molar-refractivity contribution in [2.75, 3.05) is 20.2 Å². The fourth-order valence-electron chi connectivity index (χ4n) is 4.16. The number of likely N-dealkylation sites (tertiary alicyclic amines) is 1. The number of methoxy groups -OCH3 is 1. The number of carbonyl (C=O) groups is 2. The van der Waals surface area contributed by atoms with E-state index in [1.54, 1.807) is 0 Å². The van der Waals surface area contributed by atoms with Crippen molar-refractivity contribution in [2.24, 2.45) is 13.0 Å². The van der Waals surface area contributed by atoms with E-state index in [0.29, 0.717) is 18.8 Å². The van der Waals surface area contributed by atoms with E-state index in [0.717, 1.165) is 49.3 Å². The Hall–Kier alpha value is -2.63. The number of aromatic nitrogens is 2. The van der Waals surface area contributed by atoms with Crippen molar-refractivity contribution in [1.82, 2.24) is 14.7 Å². The molecule has 1 aliphatic rings. The quantitative estimate of drug-likeness (QED) is 0.674. The van der Waals surface area contributed by atoms with Gasteiger partial charge in [-0.15, -0.1) is 0 Å². The van der Waals surface area contributed by atoms with E-state index in [2.05, 4.69) is 24.2 Å². The van der Waals surface area contributed by atoms with Gasteiger partial charge in [0.15, 0.2) is 0 Å². The first-order valence-corrected chi connectivity index (χ1v) is 10.3. The van der Waals surface area contributed by atoms with Gasteiger partial charge < -0.3 is 9.64 Å². The highest BCUT2D eigenvalue weighted by molar-refractivity contribution is 5.76. The van der Waals surface area contributed by atoms with Crippen LogP contribution in [0.5, 0.6) is 0 Å². The maximum atomic E-state index is 12.7. The summed E-state index contributed by atoms with van der Waals surface area (Å²) < 4.78 is 6.59. The van der Waals surface area contributed by atoms with Gasteiger partial charge in [0.05, 0.1) is 19.2 Å². The summed E-state index contributed by atoms with van der Waals surface area (Å²) in [4.78, 5) is 26.1. The lowest BCUT2D eigenvalue weighted by atomic mass is 9.97. The van der Waals surface area contributed by atoms with E-state index in [4.69, 9.17) is 4.74 Å². The monoisotopic (exact) mass is 397 g/mol. The molecule has 2 heterocycles. The minimum absolute atomic E-state index is 0.223. The van der Waals surface area contributed by atoms with Crippen LogP contribution in [0.15, 0.2) is 24.3 Å². The Morgan fingerprint density at radius 2 is 1.86 bits per heavy atom. The van der Waals surface area contributed by atoms with Crippen LogP contribution in [-0.2, 0) is 40.6 Å². The van der Waals surface area contributed by atoms with Crippen LogP contribution in [0.3, 0.4) is 0 Å². The number of amides is 1. The molecule has 0 N–H and O–H groups in total. The van der Waals surface area contributed by atoms with Crippen LogP contribution in [0, 0.1) is 19.8 Å². The van der Waals surface area contributed by atoms with Gasteiger partial charge in [-0.1, -0.05) is 24.3 Å². The average molecular weight is 398 g/mol. The highest BCUT2D eigenvalue weighted by Gasteiger charge is 2.26. The molecule has 0 saturated carbocycles. The zero-order valence-electron chi connectivity index (χ0n) is 17.9. The number of hydrogen-bond donors (Lipinski definition) is 0. The van der Waals surface area contributed by atoms with Gasteiger partial charge in [0, 0.05) is 32.3 Å². The van der Waals surface area contributed by atoms with E-state index in [9.17, 15) is 9.59 Å². The fourth-order valence-corrected chi connectivity index (χ4v) is 4.16. The maximum absolute atomic E-state index is 12.7. The maximum Gasteiger partial charge on any atom is 0.309 e. The molecule has 6 heteroatoms. The van der Waals surface area contributed by atoms with Gasteiger partial charge in [-0.2, -0.15) is 5.10 Å². The van der Waals surface area contributed by atoms with Crippen LogP contribution in [0.1, 0.15) is 40.9 Å². The summed E-state index contributed by atoms with van der Waals surface area (Å²) in [6.07, 6.45) is 3.61. The highest BCUT2D eigenvalue weighted by Crippen LogP contribution is 2.23. The lowest BCUT2D eigenvalue weighted by Gasteiger charge is -2.17. The van der Waals surface area contributed by atoms with Gasteiger partial charge in [0.2, 0.25) is 5.91 Å². The second kappa shape index (κ2) is 9.25. The molecule has 0 bridgehead atoms. The predicted octanol–water partition coefficient (Wildman–Crippen LogP) is 2.78. The third kappa shape index (κ3) is 5.25. The number of aryl methyl sites for hydroxylation is 2. The van der Waals surface area contributed by atoms with E-state index < -0.39 is 0 Å². The van der Waals surface area contributed by atoms with Gasteiger partial charge >= 0.3 is 5.97 Å². The molecule has 29 heavy (non-hydrogen) atoms. The molecule has 1 saturated heterocycles. The molecule has 1 fully saturated rings. The first-order valence-electron chi connectivity index (χ1n) is 10.3. The molecular weight excluding hydrogens is 366 g/mol. The van der Waals surface area contributed by atoms with Gasteiger partial charge in [-0.25, -0.2) is 0 Å². The fraction of sp³-hybridized carbons (Fsp3) is 0.522. The molecule has 1 aliphatic heterocycles. The molecule has 3 rings (SSSR count). The predicted molar refractivity (Wildman–Crippen MR) is 112 cm³/mol. The summed E-state index contributed by atoms with van der Waals surface area (Å²) in [5, 5.41) is 4.44. The van der Waals surface area contributed by atoms with Crippen molar-refractivity contribution >= 4 is 11.9 Å². The Balaban J connectivity index is 1.48. The SMILES string of the molecule is COC(=O)Cc1ccc(CC2CCN(C(=O)CCc3c(C)nn(C)c3C)C2)cc1. The average Bonchev–Trinajstić information content (AvgIpc) is 3.26. The highest BCUT2D eigenvalue weighted by atomic mass is 16.5. The molecule has 1 aromatic carbocycles. The zero-order valence-corrected chi connectivity index (χ0v) is 17.9. The summed E-state index contributed by atoms with van der Waals surface area (Å²) in [5.74, 6) is 0.509. The van der Waals surface area contributed by atoms with Gasteiger partial charge in [-0.3, -0.25) is 14.3 Å². The molecule has 6 nitrogen and oxygen atoms in total. The lowest BCUT2D eigenvalue weighted by Crippen LogP contribution is -2.29. The van der Waals surface area contributed by atoms with E-state index in [-0.39, 0.29) is 11.9 Å². The standard InChI is InChI=1S/C23H31N3O3/c1-16-21(17(2)25(3)24-16)9-10-22(27)26-12-11-20(15-26)13-18-5-7-19(8-6-18)14-23(28)29-4/h5-8,20H,9-15H2,1-4H3. The molecule has 1 aromatic heterocycles. The van der Waals surface area contributed by atoms with Crippen LogP contribution in [0.25, 0.3) is 0 Å². The summed E-state index contributed by atoms with van der Waals surface area (Å²) >= 11 is 0. The van der Waals surface area contributed by atoms with Crippen molar-refractivity contribution < 1.29 is 14.3 Å². The van der Waals surface area contributed by atoms with Gasteiger partial charge in [-0.05, 0) is 55.7 Å². The Morgan fingerprint density at radius 3 is 2.48 bits per heavy atom. The molecular formula is C23H31N3O3. The summed E-state index contributed by atoms with van der Waals surface area (Å²) in [6.45, 7) is 5.74. The number of nitrogens with zero attached hydrogens (tertiary/aromatic N) is 3. The molecule has 0 radical (unpaired) electrons. The third-order valence-corrected chi connectivity index (χ3v) is 6.01. The van der Waals surface area contributed by atoms with Crippen LogP contribution in [0.2, 0.25) is 0 Å². The van der Waals surface area contributed by atoms with E-state index in [1.807, 2.05) is 35.7 Å². The molecule has 0 aliphatic carbocycles. The molecule has 0 spiro atoms. The first-order chi connectivity index (χ1) is 13.9. The first kappa shape index (κ1) is 21.1. The Labute approximate surface area is 172 Å². The minimum Gasteiger partial charge on any atom is -0.469 e. The van der Waals surface area contributed by atoms with Crippen LogP contribution in [-0.4, -0.2) is 46.8 Å². The lowest BCUT2D eigenvalue weighted by molar-refractivity contribution is -0.139. The molecule has 1 unspecified atom stereocenters.